The van der Waals surface area contributed by atoms with Crippen LogP contribution < -0.4 is 0 Å². The lowest BCUT2D eigenvalue weighted by atomic mass is 9.55. The van der Waals surface area contributed by atoms with Crippen molar-refractivity contribution in [1.82, 2.24) is 5.01 Å². The van der Waals surface area contributed by atoms with E-state index in [0.717, 1.165) is 27.3 Å². The SMILES string of the molecule is O=C1[C@@H]2C3c4ccccc4C(c4ccccc43)[C@H]2C(=O)N1/N=C\c1cc(Br)c(O)c(Br)c1. The lowest BCUT2D eigenvalue weighted by molar-refractivity contribution is -0.139. The second-order valence-electron chi connectivity index (χ2n) is 8.33. The van der Waals surface area contributed by atoms with Crippen LogP contribution in [0.15, 0.2) is 74.7 Å². The molecule has 158 valence electrons. The summed E-state index contributed by atoms with van der Waals surface area (Å²) >= 11 is 6.58. The second kappa shape index (κ2) is 7.12. The Morgan fingerprint density at radius 2 is 1.19 bits per heavy atom. The molecule has 7 rings (SSSR count). The van der Waals surface area contributed by atoms with Crippen molar-refractivity contribution in [3.05, 3.63) is 97.4 Å². The Hall–Kier alpha value is -2.77. The average molecular weight is 552 g/mol. The van der Waals surface area contributed by atoms with E-state index in [0.29, 0.717) is 14.5 Å². The standard InChI is InChI=1S/C25H16Br2N2O3/c26-17-9-12(10-18(27)23(17)30)11-28-29-24(31)21-19-13-5-1-2-6-14(13)20(22(21)25(29)32)16-8-4-3-7-15(16)19/h1-11,19-22,30H/b28-11-/t19?,20?,21-,22-/m1/s1. The topological polar surface area (TPSA) is 70.0 Å². The fraction of sp³-hybridized carbons (Fsp3) is 0.160. The Bertz CT molecular complexity index is 1210. The molecule has 3 aromatic carbocycles. The third kappa shape index (κ3) is 2.64. The normalized spacial score (nSPS) is 25.2. The van der Waals surface area contributed by atoms with Crippen LogP contribution in [0.3, 0.4) is 0 Å². The quantitative estimate of drug-likeness (QED) is 0.354. The predicted octanol–water partition coefficient (Wildman–Crippen LogP) is 5.14. The number of amides is 2. The largest absolute Gasteiger partial charge is 0.506 e. The van der Waals surface area contributed by atoms with Gasteiger partial charge < -0.3 is 5.11 Å². The van der Waals surface area contributed by atoms with Crippen molar-refractivity contribution >= 4 is 49.9 Å². The van der Waals surface area contributed by atoms with Crippen LogP contribution in [0.4, 0.5) is 0 Å². The Balaban J connectivity index is 1.43. The summed E-state index contributed by atoms with van der Waals surface area (Å²) in [7, 11) is 0. The van der Waals surface area contributed by atoms with Crippen molar-refractivity contribution in [2.75, 3.05) is 0 Å². The summed E-state index contributed by atoms with van der Waals surface area (Å²) in [6.07, 6.45) is 1.48. The first-order chi connectivity index (χ1) is 15.5. The summed E-state index contributed by atoms with van der Waals surface area (Å²) in [6.45, 7) is 0. The molecule has 2 amide bonds. The van der Waals surface area contributed by atoms with E-state index < -0.39 is 11.8 Å². The molecule has 4 aliphatic rings. The maximum Gasteiger partial charge on any atom is 0.254 e. The minimum Gasteiger partial charge on any atom is -0.506 e. The summed E-state index contributed by atoms with van der Waals surface area (Å²) in [5.74, 6) is -1.63. The van der Waals surface area contributed by atoms with E-state index in [9.17, 15) is 14.7 Å². The van der Waals surface area contributed by atoms with Gasteiger partial charge in [-0.1, -0.05) is 48.5 Å². The third-order valence-corrected chi connectivity index (χ3v) is 8.00. The number of carbonyl (C=O) groups excluding carboxylic acids is 2. The Morgan fingerprint density at radius 1 is 0.781 bits per heavy atom. The van der Waals surface area contributed by atoms with Crippen LogP contribution in [0, 0.1) is 11.8 Å². The highest BCUT2D eigenvalue weighted by molar-refractivity contribution is 9.11. The number of halogens is 2. The van der Waals surface area contributed by atoms with Crippen molar-refractivity contribution in [2.24, 2.45) is 16.9 Å². The molecule has 3 aliphatic carbocycles. The Kier molecular flexibility index (Phi) is 4.42. The van der Waals surface area contributed by atoms with E-state index in [-0.39, 0.29) is 29.4 Å². The molecule has 5 nitrogen and oxygen atoms in total. The van der Waals surface area contributed by atoms with Crippen molar-refractivity contribution < 1.29 is 14.7 Å². The number of hydrogen-bond donors (Lipinski definition) is 1. The average Bonchev–Trinajstić information content (AvgIpc) is 3.06. The summed E-state index contributed by atoms with van der Waals surface area (Å²) in [5, 5.41) is 15.3. The van der Waals surface area contributed by atoms with Gasteiger partial charge in [0.25, 0.3) is 11.8 Å². The summed E-state index contributed by atoms with van der Waals surface area (Å²) < 4.78 is 0.982. The number of hydrogen-bond acceptors (Lipinski definition) is 4. The number of aromatic hydroxyl groups is 1. The van der Waals surface area contributed by atoms with Gasteiger partial charge in [-0.05, 0) is 71.8 Å². The molecule has 1 fully saturated rings. The van der Waals surface area contributed by atoms with Crippen LogP contribution in [0.2, 0.25) is 0 Å². The molecule has 0 radical (unpaired) electrons. The van der Waals surface area contributed by atoms with Crippen LogP contribution in [0.1, 0.15) is 39.7 Å². The highest BCUT2D eigenvalue weighted by Crippen LogP contribution is 2.60. The van der Waals surface area contributed by atoms with Crippen LogP contribution in [-0.4, -0.2) is 28.1 Å². The van der Waals surface area contributed by atoms with Gasteiger partial charge >= 0.3 is 0 Å². The number of imide groups is 1. The van der Waals surface area contributed by atoms with Crippen molar-refractivity contribution in [1.29, 1.82) is 0 Å². The zero-order chi connectivity index (χ0) is 22.1. The fourth-order valence-electron chi connectivity index (χ4n) is 5.56. The lowest BCUT2D eigenvalue weighted by Gasteiger charge is -2.45. The zero-order valence-electron chi connectivity index (χ0n) is 16.6. The molecular formula is C25H16Br2N2O3. The van der Waals surface area contributed by atoms with Crippen LogP contribution >= 0.6 is 31.9 Å². The van der Waals surface area contributed by atoms with Crippen LogP contribution in [0.5, 0.6) is 5.75 Å². The number of hydrazone groups is 1. The maximum atomic E-state index is 13.5. The molecule has 2 atom stereocenters. The number of phenols is 1. The van der Waals surface area contributed by atoms with Gasteiger partial charge in [0, 0.05) is 11.8 Å². The highest BCUT2D eigenvalue weighted by atomic mass is 79.9. The van der Waals surface area contributed by atoms with E-state index in [1.807, 2.05) is 24.3 Å². The number of phenolic OH excluding ortho intramolecular Hbond substituents is 1. The summed E-state index contributed by atoms with van der Waals surface area (Å²) in [5.41, 5.74) is 5.19. The molecular weight excluding hydrogens is 536 g/mol. The van der Waals surface area contributed by atoms with Gasteiger partial charge in [-0.25, -0.2) is 0 Å². The molecule has 2 bridgehead atoms. The Labute approximate surface area is 201 Å². The van der Waals surface area contributed by atoms with E-state index in [1.54, 1.807) is 12.1 Å². The molecule has 0 aromatic heterocycles. The molecule has 1 aliphatic heterocycles. The van der Waals surface area contributed by atoms with Crippen molar-refractivity contribution in [3.8, 4) is 5.75 Å². The van der Waals surface area contributed by atoms with Gasteiger partial charge in [-0.15, -0.1) is 0 Å². The fourth-order valence-corrected chi connectivity index (χ4v) is 6.78. The highest BCUT2D eigenvalue weighted by Gasteiger charge is 2.61. The second-order valence-corrected chi connectivity index (χ2v) is 10.0. The first-order valence-corrected chi connectivity index (χ1v) is 11.8. The molecule has 1 saturated heterocycles. The van der Waals surface area contributed by atoms with Crippen LogP contribution in [-0.2, 0) is 9.59 Å². The molecule has 7 heteroatoms. The monoisotopic (exact) mass is 550 g/mol. The molecule has 32 heavy (non-hydrogen) atoms. The van der Waals surface area contributed by atoms with Crippen molar-refractivity contribution in [2.45, 2.75) is 11.8 Å². The summed E-state index contributed by atoms with van der Waals surface area (Å²) in [4.78, 5) is 27.0. The molecule has 0 spiro atoms. The van der Waals surface area contributed by atoms with E-state index in [1.165, 1.54) is 6.21 Å². The first-order valence-electron chi connectivity index (χ1n) is 10.2. The number of rotatable bonds is 2. The minimum atomic E-state index is -0.451. The third-order valence-electron chi connectivity index (χ3n) is 6.79. The maximum absolute atomic E-state index is 13.5. The van der Waals surface area contributed by atoms with E-state index in [2.05, 4.69) is 61.2 Å². The smallest absolute Gasteiger partial charge is 0.254 e. The lowest BCUT2D eigenvalue weighted by Crippen LogP contribution is -2.41. The molecule has 1 N–H and O–H groups in total. The predicted molar refractivity (Wildman–Crippen MR) is 127 cm³/mol. The number of carbonyl (C=O) groups is 2. The number of nitrogens with zero attached hydrogens (tertiary/aromatic N) is 2. The van der Waals surface area contributed by atoms with E-state index in [4.69, 9.17) is 0 Å². The molecule has 0 unspecified atom stereocenters. The Morgan fingerprint density at radius 3 is 1.59 bits per heavy atom. The van der Waals surface area contributed by atoms with Crippen LogP contribution in [0.25, 0.3) is 0 Å². The molecule has 1 heterocycles. The molecule has 0 saturated carbocycles. The number of benzene rings is 3. The first kappa shape index (κ1) is 19.9. The van der Waals surface area contributed by atoms with Gasteiger partial charge in [-0.3, -0.25) is 9.59 Å². The van der Waals surface area contributed by atoms with Crippen molar-refractivity contribution in [3.63, 3.8) is 0 Å². The van der Waals surface area contributed by atoms with Gasteiger partial charge in [0.05, 0.1) is 27.0 Å². The summed E-state index contributed by atoms with van der Waals surface area (Å²) in [6, 6.07) is 19.6. The molecule has 3 aromatic rings. The minimum absolute atomic E-state index is 0.0774. The van der Waals surface area contributed by atoms with Gasteiger partial charge in [0.1, 0.15) is 5.75 Å². The zero-order valence-corrected chi connectivity index (χ0v) is 19.7. The van der Waals surface area contributed by atoms with Gasteiger partial charge in [0.15, 0.2) is 0 Å². The van der Waals surface area contributed by atoms with Gasteiger partial charge in [-0.2, -0.15) is 10.1 Å². The van der Waals surface area contributed by atoms with E-state index >= 15 is 0 Å². The van der Waals surface area contributed by atoms with Gasteiger partial charge in [0.2, 0.25) is 0 Å².